The zero-order valence-electron chi connectivity index (χ0n) is 14.7. The number of hydrogen-bond donors (Lipinski definition) is 1. The van der Waals surface area contributed by atoms with Gasteiger partial charge in [-0.1, -0.05) is 5.92 Å². The fraction of sp³-hybridized carbons (Fsp3) is 0.529. The number of anilines is 1. The highest BCUT2D eigenvalue weighted by Gasteiger charge is 2.26. The fourth-order valence-electron chi connectivity index (χ4n) is 3.18. The molecule has 1 aliphatic heterocycles. The average Bonchev–Trinajstić information content (AvgIpc) is 3.01. The molecule has 0 spiro atoms. The van der Waals surface area contributed by atoms with E-state index in [0.717, 1.165) is 25.9 Å². The maximum Gasteiger partial charge on any atom is 0.343 e. The second-order valence-corrected chi connectivity index (χ2v) is 6.06. The average molecular weight is 339 g/mol. The van der Waals surface area contributed by atoms with E-state index in [2.05, 4.69) is 36.9 Å². The fourth-order valence-corrected chi connectivity index (χ4v) is 3.18. The molecule has 1 N–H and O–H groups in total. The van der Waals surface area contributed by atoms with Crippen molar-refractivity contribution in [1.82, 2.24) is 24.4 Å². The van der Waals surface area contributed by atoms with E-state index in [1.807, 2.05) is 11.6 Å². The van der Waals surface area contributed by atoms with Gasteiger partial charge in [-0.15, -0.1) is 17.5 Å². The molecular weight excluding hydrogens is 318 g/mol. The molecule has 8 nitrogen and oxygen atoms in total. The van der Waals surface area contributed by atoms with Gasteiger partial charge in [0.15, 0.2) is 5.52 Å². The van der Waals surface area contributed by atoms with Gasteiger partial charge in [0.1, 0.15) is 0 Å². The van der Waals surface area contributed by atoms with E-state index in [4.69, 9.17) is 6.57 Å². The predicted octanol–water partition coefficient (Wildman–Crippen LogP) is 0.892. The molecule has 1 aliphatic rings. The van der Waals surface area contributed by atoms with Crippen molar-refractivity contribution in [3.63, 3.8) is 0 Å². The normalized spacial score (nSPS) is 17.2. The highest BCUT2D eigenvalue weighted by atomic mass is 16.1. The number of rotatable bonds is 3. The summed E-state index contributed by atoms with van der Waals surface area (Å²) in [5.74, 6) is 6.63. The summed E-state index contributed by atoms with van der Waals surface area (Å²) in [6.45, 7) is 11.0. The summed E-state index contributed by atoms with van der Waals surface area (Å²) in [7, 11) is 3.52. The van der Waals surface area contributed by atoms with Crippen LogP contribution in [-0.4, -0.2) is 45.3 Å². The summed E-state index contributed by atoms with van der Waals surface area (Å²) in [6.07, 6.45) is 2.16. The summed E-state index contributed by atoms with van der Waals surface area (Å²) < 4.78 is 3.09. The molecular formula is C17H21N7O. The number of nitrogens with zero attached hydrogens (tertiary/aromatic N) is 6. The molecule has 2 aromatic heterocycles. The Hall–Kier alpha value is -2.84. The number of fused-ring (bicyclic) bond motifs is 1. The third kappa shape index (κ3) is 2.97. The van der Waals surface area contributed by atoms with Crippen LogP contribution < -0.4 is 15.8 Å². The molecule has 0 aliphatic carbocycles. The Morgan fingerprint density at radius 1 is 1.44 bits per heavy atom. The van der Waals surface area contributed by atoms with Crippen LogP contribution in [0.3, 0.4) is 0 Å². The van der Waals surface area contributed by atoms with Crippen molar-refractivity contribution >= 4 is 23.1 Å². The van der Waals surface area contributed by atoms with Crippen molar-refractivity contribution in [3.05, 3.63) is 21.8 Å². The Kier molecular flexibility index (Phi) is 4.73. The van der Waals surface area contributed by atoms with Gasteiger partial charge < -0.3 is 15.1 Å². The van der Waals surface area contributed by atoms with Gasteiger partial charge in [0.25, 0.3) is 0 Å². The minimum absolute atomic E-state index is 0.0435. The van der Waals surface area contributed by atoms with Crippen molar-refractivity contribution in [1.29, 1.82) is 0 Å². The van der Waals surface area contributed by atoms with Crippen LogP contribution >= 0.6 is 0 Å². The van der Waals surface area contributed by atoms with Gasteiger partial charge in [-0.05, 0) is 26.8 Å². The van der Waals surface area contributed by atoms with E-state index >= 15 is 0 Å². The van der Waals surface area contributed by atoms with Gasteiger partial charge in [-0.25, -0.2) is 4.79 Å². The third-order valence-electron chi connectivity index (χ3n) is 4.57. The second-order valence-electron chi connectivity index (χ2n) is 6.06. The third-order valence-corrected chi connectivity index (χ3v) is 4.57. The number of piperidine rings is 1. The molecule has 1 atom stereocenters. The zero-order chi connectivity index (χ0) is 18.0. The molecule has 1 unspecified atom stereocenters. The van der Waals surface area contributed by atoms with E-state index < -0.39 is 0 Å². The quantitative estimate of drug-likeness (QED) is 0.664. The lowest BCUT2D eigenvalue weighted by atomic mass is 10.1. The van der Waals surface area contributed by atoms with Gasteiger partial charge in [-0.2, -0.15) is 4.98 Å². The van der Waals surface area contributed by atoms with E-state index in [0.29, 0.717) is 29.7 Å². The Morgan fingerprint density at radius 3 is 2.92 bits per heavy atom. The molecule has 0 bridgehead atoms. The molecule has 130 valence electrons. The minimum Gasteiger partial charge on any atom is -0.396 e. The Morgan fingerprint density at radius 2 is 2.24 bits per heavy atom. The highest BCUT2D eigenvalue weighted by Crippen LogP contribution is 2.24. The number of imidazole rings is 1. The van der Waals surface area contributed by atoms with Gasteiger partial charge in [0, 0.05) is 26.2 Å². The molecule has 0 saturated carbocycles. The maximum absolute atomic E-state index is 12.7. The van der Waals surface area contributed by atoms with Gasteiger partial charge >= 0.3 is 11.5 Å². The topological polar surface area (TPSA) is 72.3 Å². The molecule has 0 amide bonds. The molecule has 1 saturated heterocycles. The van der Waals surface area contributed by atoms with Crippen LogP contribution in [0.25, 0.3) is 16.0 Å². The number of nitrogens with one attached hydrogen (secondary N) is 1. The number of likely N-dealkylation sites (N-methyl/N-ethyl adjacent to an activating group) is 1. The van der Waals surface area contributed by atoms with E-state index in [9.17, 15) is 4.79 Å². The van der Waals surface area contributed by atoms with E-state index in [-0.39, 0.29) is 11.5 Å². The predicted molar refractivity (Wildman–Crippen MR) is 96.8 cm³/mol. The lowest BCUT2D eigenvalue weighted by molar-refractivity contribution is 0.443. The SMILES string of the molecule is [C-]#[N+]c1nc2nc(N3CCCC(NC)C3)n(CC#CC)c2c(=O)n1C. The molecule has 8 heteroatoms. The largest absolute Gasteiger partial charge is 0.396 e. The Balaban J connectivity index is 2.20. The van der Waals surface area contributed by atoms with Crippen LogP contribution in [0, 0.1) is 18.4 Å². The van der Waals surface area contributed by atoms with E-state index in [1.54, 1.807) is 14.0 Å². The molecule has 3 heterocycles. The lowest BCUT2D eigenvalue weighted by Gasteiger charge is -2.33. The first-order valence-corrected chi connectivity index (χ1v) is 8.27. The van der Waals surface area contributed by atoms with Crippen LogP contribution in [0.4, 0.5) is 11.9 Å². The maximum atomic E-state index is 12.7. The number of aromatic nitrogens is 4. The van der Waals surface area contributed by atoms with Crippen LogP contribution in [-0.2, 0) is 13.6 Å². The summed E-state index contributed by atoms with van der Waals surface area (Å²) in [5, 5.41) is 3.31. The van der Waals surface area contributed by atoms with Crippen LogP contribution in [0.15, 0.2) is 4.79 Å². The minimum atomic E-state index is -0.269. The Labute approximate surface area is 146 Å². The van der Waals surface area contributed by atoms with Crippen LogP contribution in [0.1, 0.15) is 19.8 Å². The van der Waals surface area contributed by atoms with Crippen LogP contribution in [0.2, 0.25) is 0 Å². The summed E-state index contributed by atoms with van der Waals surface area (Å²) in [5.41, 5.74) is 0.447. The first-order chi connectivity index (χ1) is 12.1. The highest BCUT2D eigenvalue weighted by molar-refractivity contribution is 5.75. The first-order valence-electron chi connectivity index (χ1n) is 8.27. The first kappa shape index (κ1) is 17.0. The van der Waals surface area contributed by atoms with Crippen molar-refractivity contribution < 1.29 is 0 Å². The molecule has 2 aromatic rings. The van der Waals surface area contributed by atoms with Crippen molar-refractivity contribution in [2.75, 3.05) is 25.0 Å². The van der Waals surface area contributed by atoms with Gasteiger partial charge in [0.2, 0.25) is 11.6 Å². The summed E-state index contributed by atoms with van der Waals surface area (Å²) in [4.78, 5) is 27.1. The van der Waals surface area contributed by atoms with Crippen molar-refractivity contribution in [2.45, 2.75) is 32.4 Å². The zero-order valence-corrected chi connectivity index (χ0v) is 14.7. The molecule has 0 aromatic carbocycles. The number of hydrogen-bond acceptors (Lipinski definition) is 5. The molecule has 3 rings (SSSR count). The van der Waals surface area contributed by atoms with E-state index in [1.165, 1.54) is 4.57 Å². The molecule has 1 fully saturated rings. The Bertz CT molecular complexity index is 954. The summed E-state index contributed by atoms with van der Waals surface area (Å²) in [6, 6.07) is 0.383. The smallest absolute Gasteiger partial charge is 0.343 e. The molecule has 0 radical (unpaired) electrons. The van der Waals surface area contributed by atoms with Gasteiger partial charge in [-0.3, -0.25) is 9.13 Å². The molecule has 25 heavy (non-hydrogen) atoms. The lowest BCUT2D eigenvalue weighted by Crippen LogP contribution is -2.45. The van der Waals surface area contributed by atoms with Crippen molar-refractivity contribution in [3.8, 4) is 11.8 Å². The second kappa shape index (κ2) is 6.96. The van der Waals surface area contributed by atoms with Crippen LogP contribution in [0.5, 0.6) is 0 Å². The van der Waals surface area contributed by atoms with Crippen molar-refractivity contribution in [2.24, 2.45) is 7.05 Å². The summed E-state index contributed by atoms with van der Waals surface area (Å²) >= 11 is 0. The van der Waals surface area contributed by atoms with Gasteiger partial charge in [0.05, 0.1) is 6.54 Å². The monoisotopic (exact) mass is 339 g/mol. The standard InChI is InChI=1S/C17H21N7O/c1-5-6-10-24-13-14(20-16(19-3)22(4)15(13)25)21-17(24)23-9-7-8-12(11-23)18-2/h12,18H,7-11H2,1-2,4H3.